The summed E-state index contributed by atoms with van der Waals surface area (Å²) in [5, 5.41) is 6.66. The highest BCUT2D eigenvalue weighted by atomic mass is 35.5. The second-order valence-electron chi connectivity index (χ2n) is 3.36. The fraction of sp³-hybridized carbons (Fsp3) is 0.300. The van der Waals surface area contributed by atoms with E-state index in [1.54, 1.807) is 30.0 Å². The van der Waals surface area contributed by atoms with Gasteiger partial charge in [-0.1, -0.05) is 29.3 Å². The monoisotopic (exact) mass is 276 g/mol. The minimum Gasteiger partial charge on any atom is -0.323 e. The van der Waals surface area contributed by atoms with Crippen LogP contribution in [0.4, 0.5) is 5.69 Å². The minimum absolute atomic E-state index is 0.0748. The van der Waals surface area contributed by atoms with Crippen LogP contribution < -0.4 is 10.6 Å². The first kappa shape index (κ1) is 12.0. The molecule has 1 aromatic carbocycles. The molecule has 1 atom stereocenters. The molecule has 0 aromatic heterocycles. The van der Waals surface area contributed by atoms with E-state index < -0.39 is 0 Å². The summed E-state index contributed by atoms with van der Waals surface area (Å²) >= 11 is 13.5. The lowest BCUT2D eigenvalue weighted by Crippen LogP contribution is -2.37. The number of thioether (sulfide) groups is 1. The van der Waals surface area contributed by atoms with Crippen LogP contribution in [0.2, 0.25) is 10.0 Å². The van der Waals surface area contributed by atoms with Gasteiger partial charge in [-0.15, -0.1) is 11.8 Å². The molecule has 86 valence electrons. The molecule has 0 saturated carbocycles. The average molecular weight is 277 g/mol. The highest BCUT2D eigenvalue weighted by molar-refractivity contribution is 7.99. The van der Waals surface area contributed by atoms with Crippen molar-refractivity contribution in [3.05, 3.63) is 28.2 Å². The molecule has 1 heterocycles. The lowest BCUT2D eigenvalue weighted by Gasteiger charge is -2.12. The van der Waals surface area contributed by atoms with Gasteiger partial charge < -0.3 is 5.32 Å². The van der Waals surface area contributed by atoms with Gasteiger partial charge in [0.2, 0.25) is 5.91 Å². The lowest BCUT2D eigenvalue weighted by molar-refractivity contribution is -0.117. The van der Waals surface area contributed by atoms with Gasteiger partial charge in [-0.25, -0.2) is 0 Å². The number of hydrogen-bond donors (Lipinski definition) is 2. The molecule has 0 radical (unpaired) electrons. The largest absolute Gasteiger partial charge is 0.323 e. The number of nitrogens with one attached hydrogen (secondary N) is 2. The first-order valence-corrected chi connectivity index (χ1v) is 6.65. The maximum Gasteiger partial charge on any atom is 0.242 e. The zero-order valence-electron chi connectivity index (χ0n) is 8.30. The van der Waals surface area contributed by atoms with Gasteiger partial charge in [-0.2, -0.15) is 0 Å². The SMILES string of the molecule is O=C(Nc1cccc(Cl)c1Cl)C1CSCN1. The van der Waals surface area contributed by atoms with Crippen molar-refractivity contribution in [2.45, 2.75) is 6.04 Å². The zero-order valence-corrected chi connectivity index (χ0v) is 10.6. The molecule has 1 saturated heterocycles. The molecule has 2 N–H and O–H groups in total. The molecule has 1 aromatic rings. The molecule has 2 rings (SSSR count). The molecule has 1 unspecified atom stereocenters. The average Bonchev–Trinajstić information content (AvgIpc) is 2.78. The van der Waals surface area contributed by atoms with Crippen molar-refractivity contribution in [3.63, 3.8) is 0 Å². The van der Waals surface area contributed by atoms with E-state index in [-0.39, 0.29) is 11.9 Å². The minimum atomic E-state index is -0.153. The summed E-state index contributed by atoms with van der Waals surface area (Å²) in [5.41, 5.74) is 0.554. The maximum atomic E-state index is 11.8. The number of rotatable bonds is 2. The van der Waals surface area contributed by atoms with Crippen molar-refractivity contribution >= 4 is 46.6 Å². The third-order valence-corrected chi connectivity index (χ3v) is 4.00. The number of benzene rings is 1. The fourth-order valence-electron chi connectivity index (χ4n) is 1.38. The van der Waals surface area contributed by atoms with E-state index in [9.17, 15) is 4.79 Å². The van der Waals surface area contributed by atoms with E-state index in [1.807, 2.05) is 0 Å². The van der Waals surface area contributed by atoms with Crippen LogP contribution in [0.5, 0.6) is 0 Å². The zero-order chi connectivity index (χ0) is 11.5. The molecule has 3 nitrogen and oxygen atoms in total. The van der Waals surface area contributed by atoms with Gasteiger partial charge in [0.15, 0.2) is 0 Å². The Morgan fingerprint density at radius 2 is 2.31 bits per heavy atom. The van der Waals surface area contributed by atoms with E-state index in [4.69, 9.17) is 23.2 Å². The Labute approximate surface area is 108 Å². The Balaban J connectivity index is 2.08. The Bertz CT molecular complexity index is 408. The summed E-state index contributed by atoms with van der Waals surface area (Å²) in [6.45, 7) is 0. The number of anilines is 1. The van der Waals surface area contributed by atoms with Crippen LogP contribution in [0.1, 0.15) is 0 Å². The van der Waals surface area contributed by atoms with E-state index in [0.29, 0.717) is 15.7 Å². The molecule has 1 amide bonds. The van der Waals surface area contributed by atoms with Crippen molar-refractivity contribution < 1.29 is 4.79 Å². The van der Waals surface area contributed by atoms with Crippen molar-refractivity contribution in [2.24, 2.45) is 0 Å². The lowest BCUT2D eigenvalue weighted by atomic mass is 10.2. The summed E-state index contributed by atoms with van der Waals surface area (Å²) < 4.78 is 0. The fourth-order valence-corrected chi connectivity index (χ4v) is 2.67. The topological polar surface area (TPSA) is 41.1 Å². The van der Waals surface area contributed by atoms with Gasteiger partial charge >= 0.3 is 0 Å². The van der Waals surface area contributed by atoms with Crippen molar-refractivity contribution in [2.75, 3.05) is 16.9 Å². The van der Waals surface area contributed by atoms with Gasteiger partial charge in [0.05, 0.1) is 21.8 Å². The molecule has 16 heavy (non-hydrogen) atoms. The van der Waals surface area contributed by atoms with E-state index in [2.05, 4.69) is 10.6 Å². The highest BCUT2D eigenvalue weighted by Gasteiger charge is 2.23. The third kappa shape index (κ3) is 2.63. The highest BCUT2D eigenvalue weighted by Crippen LogP contribution is 2.29. The van der Waals surface area contributed by atoms with Crippen molar-refractivity contribution in [1.82, 2.24) is 5.32 Å². The molecule has 1 aliphatic rings. The van der Waals surface area contributed by atoms with Crippen LogP contribution in [0.15, 0.2) is 18.2 Å². The first-order valence-electron chi connectivity index (χ1n) is 4.74. The predicted molar refractivity (Wildman–Crippen MR) is 69.3 cm³/mol. The maximum absolute atomic E-state index is 11.8. The van der Waals surface area contributed by atoms with Gasteiger partial charge in [-0.3, -0.25) is 10.1 Å². The van der Waals surface area contributed by atoms with Crippen molar-refractivity contribution in [3.8, 4) is 0 Å². The Morgan fingerprint density at radius 3 is 3.00 bits per heavy atom. The van der Waals surface area contributed by atoms with Crippen LogP contribution in [0.25, 0.3) is 0 Å². The number of carbonyl (C=O) groups is 1. The van der Waals surface area contributed by atoms with E-state index in [0.717, 1.165) is 11.6 Å². The van der Waals surface area contributed by atoms with Crippen LogP contribution in [0.3, 0.4) is 0 Å². The van der Waals surface area contributed by atoms with Gasteiger partial charge in [0.25, 0.3) is 0 Å². The van der Waals surface area contributed by atoms with Crippen LogP contribution >= 0.6 is 35.0 Å². The number of hydrogen-bond acceptors (Lipinski definition) is 3. The Morgan fingerprint density at radius 1 is 1.50 bits per heavy atom. The summed E-state index contributed by atoms with van der Waals surface area (Å²) in [7, 11) is 0. The van der Waals surface area contributed by atoms with E-state index >= 15 is 0 Å². The molecule has 1 fully saturated rings. The smallest absolute Gasteiger partial charge is 0.242 e. The molecular formula is C10H10Cl2N2OS. The van der Waals surface area contributed by atoms with E-state index in [1.165, 1.54) is 0 Å². The summed E-state index contributed by atoms with van der Waals surface area (Å²) in [5.74, 6) is 1.51. The molecule has 0 spiro atoms. The normalized spacial score (nSPS) is 19.8. The molecular weight excluding hydrogens is 267 g/mol. The predicted octanol–water partition coefficient (Wildman–Crippen LogP) is 2.59. The number of carbonyl (C=O) groups excluding carboxylic acids is 1. The summed E-state index contributed by atoms with van der Waals surface area (Å²) in [4.78, 5) is 11.8. The quantitative estimate of drug-likeness (QED) is 0.873. The molecule has 0 bridgehead atoms. The molecule has 6 heteroatoms. The summed E-state index contributed by atoms with van der Waals surface area (Å²) in [6, 6.07) is 5.01. The number of amides is 1. The first-order chi connectivity index (χ1) is 7.68. The van der Waals surface area contributed by atoms with Crippen LogP contribution in [-0.4, -0.2) is 23.6 Å². The van der Waals surface area contributed by atoms with Crippen molar-refractivity contribution in [1.29, 1.82) is 0 Å². The second-order valence-corrected chi connectivity index (χ2v) is 5.18. The number of halogens is 2. The van der Waals surface area contributed by atoms with Gasteiger partial charge in [0.1, 0.15) is 0 Å². The van der Waals surface area contributed by atoms with Gasteiger partial charge in [0, 0.05) is 11.6 Å². The van der Waals surface area contributed by atoms with Crippen LogP contribution in [-0.2, 0) is 4.79 Å². The van der Waals surface area contributed by atoms with Gasteiger partial charge in [-0.05, 0) is 12.1 Å². The molecule has 1 aliphatic heterocycles. The second kappa shape index (κ2) is 5.27. The third-order valence-electron chi connectivity index (χ3n) is 2.24. The Kier molecular flexibility index (Phi) is 3.97. The Hall–Kier alpha value is -0.420. The van der Waals surface area contributed by atoms with Crippen LogP contribution in [0, 0.1) is 0 Å². The summed E-state index contributed by atoms with van der Waals surface area (Å²) in [6.07, 6.45) is 0. The standard InChI is InChI=1S/C10H10Cl2N2OS/c11-6-2-1-3-7(9(6)12)14-10(15)8-4-16-5-13-8/h1-3,8,13H,4-5H2,(H,14,15). The molecule has 0 aliphatic carbocycles.